The van der Waals surface area contributed by atoms with Gasteiger partial charge in [-0.2, -0.15) is 0 Å². The van der Waals surface area contributed by atoms with Crippen molar-refractivity contribution in [3.05, 3.63) is 90.4 Å². The van der Waals surface area contributed by atoms with Crippen molar-refractivity contribution < 1.29 is 13.2 Å². The Bertz CT molecular complexity index is 1290. The molecular weight excluding hydrogens is 402 g/mol. The molecule has 0 bridgehead atoms. The maximum atomic E-state index is 12.8. The molecule has 0 aliphatic rings. The zero-order chi connectivity index (χ0) is 21.1. The Morgan fingerprint density at radius 1 is 0.967 bits per heavy atom. The summed E-state index contributed by atoms with van der Waals surface area (Å²) in [5.74, 6) is 0.269. The second-order valence-corrected chi connectivity index (χ2v) is 8.53. The van der Waals surface area contributed by atoms with Crippen LogP contribution in [-0.4, -0.2) is 36.0 Å². The fourth-order valence-electron chi connectivity index (χ4n) is 2.99. The molecule has 2 aromatic carbocycles. The number of carbonyl (C=O) groups is 1. The van der Waals surface area contributed by atoms with Gasteiger partial charge < -0.3 is 5.32 Å². The van der Waals surface area contributed by atoms with Crippen LogP contribution in [0.5, 0.6) is 0 Å². The highest BCUT2D eigenvalue weighted by atomic mass is 32.2. The van der Waals surface area contributed by atoms with Gasteiger partial charge in [0, 0.05) is 18.8 Å². The first-order valence-corrected chi connectivity index (χ1v) is 10.6. The number of carbonyl (C=O) groups excluding carboxylic acids is 1. The molecule has 0 fully saturated rings. The topological polar surface area (TPSA) is 96.7 Å². The molecule has 1 N–H and O–H groups in total. The van der Waals surface area contributed by atoms with Gasteiger partial charge in [0.05, 0.1) is 17.1 Å². The molecule has 4 rings (SSSR count). The molecule has 9 heteroatoms. The Kier molecular flexibility index (Phi) is 5.20. The third kappa shape index (κ3) is 3.74. The van der Waals surface area contributed by atoms with Crippen molar-refractivity contribution in [1.29, 1.82) is 0 Å². The van der Waals surface area contributed by atoms with Crippen LogP contribution in [0.3, 0.4) is 0 Å². The van der Waals surface area contributed by atoms with Crippen LogP contribution >= 0.6 is 0 Å². The normalized spacial score (nSPS) is 11.4. The number of rotatable bonds is 6. The van der Waals surface area contributed by atoms with E-state index in [9.17, 15) is 13.2 Å². The summed E-state index contributed by atoms with van der Waals surface area (Å²) in [6, 6.07) is 20.2. The Hall–Kier alpha value is -3.72. The summed E-state index contributed by atoms with van der Waals surface area (Å²) >= 11 is 0. The summed E-state index contributed by atoms with van der Waals surface area (Å²) < 4.78 is 28.6. The number of benzene rings is 2. The van der Waals surface area contributed by atoms with Gasteiger partial charge in [-0.25, -0.2) is 8.42 Å². The number of fused-ring (bicyclic) bond motifs is 1. The fourth-order valence-corrected chi connectivity index (χ4v) is 4.18. The lowest BCUT2D eigenvalue weighted by atomic mass is 10.2. The van der Waals surface area contributed by atoms with Gasteiger partial charge in [-0.1, -0.05) is 24.3 Å². The van der Waals surface area contributed by atoms with Gasteiger partial charge in [0.2, 0.25) is 0 Å². The maximum absolute atomic E-state index is 12.8. The number of amides is 1. The first-order valence-electron chi connectivity index (χ1n) is 9.18. The van der Waals surface area contributed by atoms with E-state index < -0.39 is 10.0 Å². The summed E-state index contributed by atoms with van der Waals surface area (Å²) in [6.45, 7) is 0.195. The van der Waals surface area contributed by atoms with E-state index in [0.717, 1.165) is 0 Å². The lowest BCUT2D eigenvalue weighted by Crippen LogP contribution is -2.27. The quantitative estimate of drug-likeness (QED) is 0.516. The number of para-hydroxylation sites is 1. The van der Waals surface area contributed by atoms with Crippen LogP contribution in [0, 0.1) is 0 Å². The molecule has 0 atom stereocenters. The Morgan fingerprint density at radius 2 is 1.67 bits per heavy atom. The minimum Gasteiger partial charge on any atom is -0.345 e. The number of nitrogens with zero attached hydrogens (tertiary/aromatic N) is 4. The molecule has 4 aromatic rings. The summed E-state index contributed by atoms with van der Waals surface area (Å²) in [5, 5.41) is 10.9. The average molecular weight is 421 g/mol. The molecule has 2 aromatic heterocycles. The minimum absolute atomic E-state index is 0.105. The number of pyridine rings is 1. The van der Waals surface area contributed by atoms with Gasteiger partial charge in [-0.05, 0) is 48.5 Å². The van der Waals surface area contributed by atoms with E-state index in [1.807, 2.05) is 30.5 Å². The van der Waals surface area contributed by atoms with E-state index in [0.29, 0.717) is 22.7 Å². The first kappa shape index (κ1) is 19.6. The highest BCUT2D eigenvalue weighted by Crippen LogP contribution is 2.21. The van der Waals surface area contributed by atoms with Gasteiger partial charge in [0.1, 0.15) is 0 Å². The van der Waals surface area contributed by atoms with Crippen molar-refractivity contribution in [2.24, 2.45) is 0 Å². The van der Waals surface area contributed by atoms with Gasteiger partial charge in [0.25, 0.3) is 15.9 Å². The van der Waals surface area contributed by atoms with Crippen LogP contribution in [0.1, 0.15) is 16.2 Å². The van der Waals surface area contributed by atoms with Crippen molar-refractivity contribution in [2.75, 3.05) is 11.4 Å². The van der Waals surface area contributed by atoms with Crippen LogP contribution < -0.4 is 9.62 Å². The molecular formula is C21H19N5O3S. The van der Waals surface area contributed by atoms with Crippen molar-refractivity contribution in [1.82, 2.24) is 19.9 Å². The Morgan fingerprint density at radius 3 is 2.40 bits per heavy atom. The van der Waals surface area contributed by atoms with Crippen LogP contribution in [0.15, 0.2) is 83.9 Å². The maximum Gasteiger partial charge on any atom is 0.264 e. The van der Waals surface area contributed by atoms with Crippen LogP contribution in [-0.2, 0) is 16.6 Å². The summed E-state index contributed by atoms with van der Waals surface area (Å²) in [5.41, 5.74) is 1.60. The van der Waals surface area contributed by atoms with E-state index in [-0.39, 0.29) is 17.3 Å². The molecule has 0 unspecified atom stereocenters. The van der Waals surface area contributed by atoms with Crippen molar-refractivity contribution in [3.8, 4) is 0 Å². The van der Waals surface area contributed by atoms with E-state index >= 15 is 0 Å². The van der Waals surface area contributed by atoms with Gasteiger partial charge >= 0.3 is 0 Å². The molecule has 2 heterocycles. The number of hydrogen-bond donors (Lipinski definition) is 1. The zero-order valence-electron chi connectivity index (χ0n) is 16.1. The number of aromatic nitrogens is 3. The van der Waals surface area contributed by atoms with E-state index in [2.05, 4.69) is 15.5 Å². The zero-order valence-corrected chi connectivity index (χ0v) is 17.0. The van der Waals surface area contributed by atoms with Crippen LogP contribution in [0.2, 0.25) is 0 Å². The van der Waals surface area contributed by atoms with Gasteiger partial charge in [0.15, 0.2) is 11.5 Å². The molecule has 0 radical (unpaired) electrons. The number of hydrogen-bond acceptors (Lipinski definition) is 5. The van der Waals surface area contributed by atoms with Gasteiger partial charge in [-0.3, -0.25) is 13.5 Å². The largest absolute Gasteiger partial charge is 0.345 e. The second kappa shape index (κ2) is 7.96. The van der Waals surface area contributed by atoms with Crippen molar-refractivity contribution in [3.63, 3.8) is 0 Å². The monoisotopic (exact) mass is 421 g/mol. The van der Waals surface area contributed by atoms with Gasteiger partial charge in [-0.15, -0.1) is 10.2 Å². The lowest BCUT2D eigenvalue weighted by Gasteiger charge is -2.19. The SMILES string of the molecule is CN(c1ccccc1)S(=O)(=O)c1ccc(C(=O)NCc2nnc3ccccn23)cc1. The van der Waals surface area contributed by atoms with E-state index in [4.69, 9.17) is 0 Å². The summed E-state index contributed by atoms with van der Waals surface area (Å²) in [7, 11) is -2.23. The summed E-state index contributed by atoms with van der Waals surface area (Å²) in [4.78, 5) is 12.6. The molecule has 152 valence electrons. The van der Waals surface area contributed by atoms with E-state index in [1.165, 1.54) is 35.6 Å². The molecule has 30 heavy (non-hydrogen) atoms. The molecule has 1 amide bonds. The fraction of sp³-hybridized carbons (Fsp3) is 0.0952. The summed E-state index contributed by atoms with van der Waals surface area (Å²) in [6.07, 6.45) is 1.82. The average Bonchev–Trinajstić information content (AvgIpc) is 3.20. The highest BCUT2D eigenvalue weighted by Gasteiger charge is 2.21. The highest BCUT2D eigenvalue weighted by molar-refractivity contribution is 7.92. The molecule has 0 aliphatic carbocycles. The number of anilines is 1. The smallest absolute Gasteiger partial charge is 0.264 e. The Balaban J connectivity index is 1.47. The van der Waals surface area contributed by atoms with Crippen molar-refractivity contribution >= 4 is 27.3 Å². The number of sulfonamides is 1. The minimum atomic E-state index is -3.73. The molecule has 0 saturated heterocycles. The number of nitrogens with one attached hydrogen (secondary N) is 1. The predicted octanol–water partition coefficient (Wildman–Crippen LogP) is 2.48. The second-order valence-electron chi connectivity index (χ2n) is 6.56. The van der Waals surface area contributed by atoms with E-state index in [1.54, 1.807) is 28.7 Å². The molecule has 8 nitrogen and oxygen atoms in total. The Labute approximate surface area is 173 Å². The molecule has 0 saturated carbocycles. The van der Waals surface area contributed by atoms with Crippen molar-refractivity contribution in [2.45, 2.75) is 11.4 Å². The lowest BCUT2D eigenvalue weighted by molar-refractivity contribution is 0.0949. The predicted molar refractivity (Wildman–Crippen MR) is 113 cm³/mol. The third-order valence-corrected chi connectivity index (χ3v) is 6.49. The molecule has 0 aliphatic heterocycles. The molecule has 0 spiro atoms. The first-order chi connectivity index (χ1) is 14.5. The standard InChI is InChI=1S/C21H19N5O3S/c1-25(17-7-3-2-4-8-17)30(28,29)18-12-10-16(11-13-18)21(27)22-15-20-24-23-19-9-5-6-14-26(19)20/h2-14H,15H2,1H3,(H,22,27). The van der Waals surface area contributed by atoms with Crippen LogP contribution in [0.4, 0.5) is 5.69 Å². The third-order valence-electron chi connectivity index (χ3n) is 4.69. The van der Waals surface area contributed by atoms with Crippen LogP contribution in [0.25, 0.3) is 5.65 Å².